The van der Waals surface area contributed by atoms with E-state index >= 15 is 0 Å². The smallest absolute Gasteiger partial charge is 0.416 e. The molecule has 0 bridgehead atoms. The number of hydrogen-bond donors (Lipinski definition) is 2. The number of ether oxygens (including phenoxy) is 1. The Kier molecular flexibility index (Phi) is 4.42. The van der Waals surface area contributed by atoms with Crippen LogP contribution >= 0.6 is 0 Å². The number of rotatable bonds is 5. The Morgan fingerprint density at radius 3 is 2.43 bits per heavy atom. The fraction of sp³-hybridized carbons (Fsp3) is 0.364. The Bertz CT molecular complexity index is 572. The van der Waals surface area contributed by atoms with Gasteiger partial charge in [-0.25, -0.2) is 0 Å². The van der Waals surface area contributed by atoms with Crippen LogP contribution in [0.5, 0.6) is 5.75 Å². The molecule has 1 rings (SSSR count). The molecular formula is C11H12F3N3O4. The molecule has 10 heteroatoms. The SMILES string of the molecule is CC(N)(COc1ccc(C(F)(F)F)cc1[N+](=O)[O-])C(N)=O. The van der Waals surface area contributed by atoms with Crippen LogP contribution in [0.3, 0.4) is 0 Å². The predicted octanol–water partition coefficient (Wildman–Crippen LogP) is 1.20. The number of nitrogens with zero attached hydrogens (tertiary/aromatic N) is 1. The highest BCUT2D eigenvalue weighted by Gasteiger charge is 2.34. The number of alkyl halides is 3. The van der Waals surface area contributed by atoms with Crippen molar-refractivity contribution in [2.75, 3.05) is 6.61 Å². The third-order valence-corrected chi connectivity index (χ3v) is 2.57. The average molecular weight is 307 g/mol. The Hall–Kier alpha value is -2.36. The van der Waals surface area contributed by atoms with Crippen molar-refractivity contribution in [3.05, 3.63) is 33.9 Å². The summed E-state index contributed by atoms with van der Waals surface area (Å²) in [5.74, 6) is -1.36. The van der Waals surface area contributed by atoms with Gasteiger partial charge in [-0.05, 0) is 19.1 Å². The lowest BCUT2D eigenvalue weighted by Crippen LogP contribution is -2.53. The van der Waals surface area contributed by atoms with Crippen LogP contribution in [0.1, 0.15) is 12.5 Å². The van der Waals surface area contributed by atoms with Crippen LogP contribution in [-0.4, -0.2) is 23.0 Å². The van der Waals surface area contributed by atoms with Gasteiger partial charge in [0.15, 0.2) is 5.75 Å². The van der Waals surface area contributed by atoms with Crippen molar-refractivity contribution in [3.8, 4) is 5.75 Å². The van der Waals surface area contributed by atoms with E-state index in [0.717, 1.165) is 6.07 Å². The number of benzene rings is 1. The van der Waals surface area contributed by atoms with Gasteiger partial charge in [-0.3, -0.25) is 14.9 Å². The van der Waals surface area contributed by atoms with Gasteiger partial charge in [-0.2, -0.15) is 13.2 Å². The Morgan fingerprint density at radius 2 is 2.00 bits per heavy atom. The van der Waals surface area contributed by atoms with Gasteiger partial charge in [0.25, 0.3) is 0 Å². The number of primary amides is 1. The molecule has 0 fully saturated rings. The van der Waals surface area contributed by atoms with E-state index in [4.69, 9.17) is 16.2 Å². The van der Waals surface area contributed by atoms with Gasteiger partial charge in [0, 0.05) is 6.07 Å². The molecule has 0 aliphatic rings. The van der Waals surface area contributed by atoms with Crippen LogP contribution in [-0.2, 0) is 11.0 Å². The number of carbonyl (C=O) groups excluding carboxylic acids is 1. The molecule has 0 spiro atoms. The lowest BCUT2D eigenvalue weighted by atomic mass is 10.1. The van der Waals surface area contributed by atoms with Crippen LogP contribution < -0.4 is 16.2 Å². The van der Waals surface area contributed by atoms with E-state index in [2.05, 4.69) is 0 Å². The first kappa shape index (κ1) is 16.7. The Morgan fingerprint density at radius 1 is 1.43 bits per heavy atom. The van der Waals surface area contributed by atoms with Crippen molar-refractivity contribution in [1.29, 1.82) is 0 Å². The zero-order chi connectivity index (χ0) is 16.4. The van der Waals surface area contributed by atoms with Crippen molar-refractivity contribution >= 4 is 11.6 Å². The summed E-state index contributed by atoms with van der Waals surface area (Å²) in [5, 5.41) is 10.8. The van der Waals surface area contributed by atoms with Gasteiger partial charge in [-0.1, -0.05) is 0 Å². The van der Waals surface area contributed by atoms with Crippen molar-refractivity contribution in [3.63, 3.8) is 0 Å². The lowest BCUT2D eigenvalue weighted by Gasteiger charge is -2.20. The van der Waals surface area contributed by atoms with Crippen molar-refractivity contribution in [2.24, 2.45) is 11.5 Å². The normalized spacial score (nSPS) is 14.3. The molecule has 0 saturated heterocycles. The van der Waals surface area contributed by atoms with E-state index in [9.17, 15) is 28.1 Å². The molecule has 0 heterocycles. The molecule has 1 aromatic rings. The van der Waals surface area contributed by atoms with E-state index in [0.29, 0.717) is 12.1 Å². The first-order valence-corrected chi connectivity index (χ1v) is 5.52. The predicted molar refractivity (Wildman–Crippen MR) is 65.4 cm³/mol. The van der Waals surface area contributed by atoms with Crippen LogP contribution in [0.4, 0.5) is 18.9 Å². The monoisotopic (exact) mass is 307 g/mol. The Balaban J connectivity index is 3.09. The highest BCUT2D eigenvalue weighted by atomic mass is 19.4. The second kappa shape index (κ2) is 5.56. The molecule has 21 heavy (non-hydrogen) atoms. The number of nitro groups is 1. The molecule has 0 aliphatic heterocycles. The number of amides is 1. The van der Waals surface area contributed by atoms with E-state index in [-0.39, 0.29) is 0 Å². The zero-order valence-corrected chi connectivity index (χ0v) is 10.8. The molecule has 7 nitrogen and oxygen atoms in total. The summed E-state index contributed by atoms with van der Waals surface area (Å²) in [4.78, 5) is 20.8. The van der Waals surface area contributed by atoms with E-state index in [1.54, 1.807) is 0 Å². The zero-order valence-electron chi connectivity index (χ0n) is 10.8. The molecule has 0 radical (unpaired) electrons. The largest absolute Gasteiger partial charge is 0.484 e. The number of halogens is 3. The summed E-state index contributed by atoms with van der Waals surface area (Å²) >= 11 is 0. The number of nitro benzene ring substituents is 1. The van der Waals surface area contributed by atoms with E-state index in [1.807, 2.05) is 0 Å². The van der Waals surface area contributed by atoms with E-state index in [1.165, 1.54) is 6.92 Å². The highest BCUT2D eigenvalue weighted by Crippen LogP contribution is 2.36. The summed E-state index contributed by atoms with van der Waals surface area (Å²) < 4.78 is 42.5. The maximum atomic E-state index is 12.5. The summed E-state index contributed by atoms with van der Waals surface area (Å²) in [6, 6.07) is 1.76. The third kappa shape index (κ3) is 4.05. The third-order valence-electron chi connectivity index (χ3n) is 2.57. The van der Waals surface area contributed by atoms with Gasteiger partial charge < -0.3 is 16.2 Å². The molecule has 1 atom stereocenters. The standard InChI is InChI=1S/C11H12F3N3O4/c1-10(16,9(15)18)5-21-8-3-2-6(11(12,13)14)4-7(8)17(19)20/h2-4H,5,16H2,1H3,(H2,15,18). The Labute approximate surface area is 116 Å². The molecule has 0 aliphatic carbocycles. The molecule has 1 amide bonds. The second-order valence-electron chi connectivity index (χ2n) is 4.51. The quantitative estimate of drug-likeness (QED) is 0.625. The van der Waals surface area contributed by atoms with E-state index < -0.39 is 46.2 Å². The fourth-order valence-electron chi connectivity index (χ4n) is 1.26. The molecular weight excluding hydrogens is 295 g/mol. The van der Waals surface area contributed by atoms with Crippen molar-refractivity contribution in [2.45, 2.75) is 18.6 Å². The highest BCUT2D eigenvalue weighted by molar-refractivity contribution is 5.84. The van der Waals surface area contributed by atoms with Gasteiger partial charge in [0.05, 0.1) is 10.5 Å². The number of nitrogens with two attached hydrogens (primary N) is 2. The number of hydrogen-bond acceptors (Lipinski definition) is 5. The minimum absolute atomic E-state index is 0.341. The lowest BCUT2D eigenvalue weighted by molar-refractivity contribution is -0.386. The van der Waals surface area contributed by atoms with Gasteiger partial charge >= 0.3 is 11.9 Å². The summed E-state index contributed by atoms with van der Waals surface area (Å²) in [6.07, 6.45) is -4.72. The van der Waals surface area contributed by atoms with Crippen LogP contribution in [0, 0.1) is 10.1 Å². The van der Waals surface area contributed by atoms with Crippen LogP contribution in [0.15, 0.2) is 18.2 Å². The van der Waals surface area contributed by atoms with Gasteiger partial charge in [-0.15, -0.1) is 0 Å². The molecule has 4 N–H and O–H groups in total. The summed E-state index contributed by atoms with van der Waals surface area (Å²) in [6.45, 7) is 0.708. The summed E-state index contributed by atoms with van der Waals surface area (Å²) in [5.41, 5.74) is 6.78. The van der Waals surface area contributed by atoms with Crippen molar-refractivity contribution < 1.29 is 27.6 Å². The fourth-order valence-corrected chi connectivity index (χ4v) is 1.26. The first-order valence-electron chi connectivity index (χ1n) is 5.52. The maximum absolute atomic E-state index is 12.5. The minimum atomic E-state index is -4.72. The van der Waals surface area contributed by atoms with Crippen LogP contribution in [0.2, 0.25) is 0 Å². The van der Waals surface area contributed by atoms with Crippen LogP contribution in [0.25, 0.3) is 0 Å². The molecule has 0 saturated carbocycles. The van der Waals surface area contributed by atoms with Crippen molar-refractivity contribution in [1.82, 2.24) is 0 Å². The number of carbonyl (C=O) groups is 1. The maximum Gasteiger partial charge on any atom is 0.416 e. The molecule has 116 valence electrons. The molecule has 1 aromatic carbocycles. The summed E-state index contributed by atoms with van der Waals surface area (Å²) in [7, 11) is 0. The second-order valence-corrected chi connectivity index (χ2v) is 4.51. The first-order chi connectivity index (χ1) is 9.45. The minimum Gasteiger partial charge on any atom is -0.484 e. The van der Waals surface area contributed by atoms with Gasteiger partial charge in [0.1, 0.15) is 12.1 Å². The van der Waals surface area contributed by atoms with Gasteiger partial charge in [0.2, 0.25) is 5.91 Å². The molecule has 1 unspecified atom stereocenters. The average Bonchev–Trinajstić information content (AvgIpc) is 2.34. The molecule has 0 aromatic heterocycles. The topological polar surface area (TPSA) is 121 Å².